The molecule has 2 aromatic heterocycles. The Hall–Kier alpha value is -3.26. The molecule has 2 atom stereocenters. The van der Waals surface area contributed by atoms with Gasteiger partial charge in [0.25, 0.3) is 5.91 Å². The molecule has 1 aromatic carbocycles. The van der Waals surface area contributed by atoms with Crippen LogP contribution in [0.3, 0.4) is 0 Å². The maximum absolute atomic E-state index is 12.5. The molecule has 3 heterocycles. The minimum absolute atomic E-state index is 0.00153. The van der Waals surface area contributed by atoms with E-state index in [0.717, 1.165) is 11.3 Å². The highest BCUT2D eigenvalue weighted by molar-refractivity contribution is 5.94. The van der Waals surface area contributed by atoms with Gasteiger partial charge in [-0.25, -0.2) is 0 Å². The predicted octanol–water partition coefficient (Wildman–Crippen LogP) is 2.32. The Bertz CT molecular complexity index is 942. The lowest BCUT2D eigenvalue weighted by Gasteiger charge is -2.14. The number of aromatic nitrogens is 3. The molecule has 0 spiro atoms. The molecule has 1 aliphatic heterocycles. The number of nitrogens with zero attached hydrogens (tertiary/aromatic N) is 4. The molecule has 144 valence electrons. The average Bonchev–Trinajstić information content (AvgIpc) is 3.35. The van der Waals surface area contributed by atoms with E-state index in [1.54, 1.807) is 43.8 Å². The zero-order valence-corrected chi connectivity index (χ0v) is 15.7. The molecule has 4 rings (SSSR count). The summed E-state index contributed by atoms with van der Waals surface area (Å²) in [6.45, 7) is 0.706. The van der Waals surface area contributed by atoms with Crippen molar-refractivity contribution in [3.05, 3.63) is 60.2 Å². The summed E-state index contributed by atoms with van der Waals surface area (Å²) in [5.41, 5.74) is 1.41. The van der Waals surface area contributed by atoms with Crippen LogP contribution < -0.4 is 10.1 Å². The molecule has 1 N–H and O–H groups in total. The number of amides is 1. The molecule has 0 radical (unpaired) electrons. The van der Waals surface area contributed by atoms with Crippen LogP contribution in [0, 0.1) is 0 Å². The van der Waals surface area contributed by atoms with Gasteiger partial charge in [-0.15, -0.1) is 0 Å². The van der Waals surface area contributed by atoms with Crippen LogP contribution in [0.15, 0.2) is 53.3 Å². The topological polar surface area (TPSA) is 93.4 Å². The van der Waals surface area contributed by atoms with E-state index in [-0.39, 0.29) is 18.0 Å². The third-order valence-corrected chi connectivity index (χ3v) is 4.88. The lowest BCUT2D eigenvalue weighted by Crippen LogP contribution is -2.36. The number of ether oxygens (including phenoxy) is 1. The molecular formula is C20H21N5O3. The first-order valence-corrected chi connectivity index (χ1v) is 9.03. The molecule has 3 aromatic rings. The normalized spacial score (nSPS) is 19.5. The monoisotopic (exact) mass is 379 g/mol. The number of pyridine rings is 1. The number of benzene rings is 1. The lowest BCUT2D eigenvalue weighted by atomic mass is 10.1. The molecule has 1 amide bonds. The van der Waals surface area contributed by atoms with Crippen molar-refractivity contribution in [2.24, 2.45) is 0 Å². The number of hydrogen-bond acceptors (Lipinski definition) is 7. The summed E-state index contributed by atoms with van der Waals surface area (Å²) in [6, 6.07) is 10.7. The van der Waals surface area contributed by atoms with Gasteiger partial charge in [-0.1, -0.05) is 5.16 Å². The molecule has 1 fully saturated rings. The van der Waals surface area contributed by atoms with Gasteiger partial charge in [0.15, 0.2) is 0 Å². The highest BCUT2D eigenvalue weighted by atomic mass is 16.5. The number of rotatable bonds is 5. The van der Waals surface area contributed by atoms with E-state index in [4.69, 9.17) is 9.26 Å². The first kappa shape index (κ1) is 18.1. The fourth-order valence-electron chi connectivity index (χ4n) is 3.39. The van der Waals surface area contributed by atoms with Crippen LogP contribution in [-0.4, -0.2) is 52.7 Å². The van der Waals surface area contributed by atoms with Gasteiger partial charge in [0.1, 0.15) is 5.75 Å². The van der Waals surface area contributed by atoms with E-state index < -0.39 is 0 Å². The van der Waals surface area contributed by atoms with Crippen molar-refractivity contribution in [2.45, 2.75) is 18.5 Å². The highest BCUT2D eigenvalue weighted by Crippen LogP contribution is 2.31. The van der Waals surface area contributed by atoms with Crippen LogP contribution in [0.1, 0.15) is 28.7 Å². The van der Waals surface area contributed by atoms with Crippen LogP contribution in [-0.2, 0) is 0 Å². The molecule has 28 heavy (non-hydrogen) atoms. The Balaban J connectivity index is 1.42. The van der Waals surface area contributed by atoms with E-state index in [1.165, 1.54) is 0 Å². The van der Waals surface area contributed by atoms with E-state index >= 15 is 0 Å². The maximum atomic E-state index is 12.5. The van der Waals surface area contributed by atoms with Crippen LogP contribution in [0.2, 0.25) is 0 Å². The van der Waals surface area contributed by atoms with E-state index in [2.05, 4.69) is 25.3 Å². The fourth-order valence-corrected chi connectivity index (χ4v) is 3.39. The maximum Gasteiger partial charge on any atom is 0.251 e. The van der Waals surface area contributed by atoms with Gasteiger partial charge in [-0.2, -0.15) is 4.98 Å². The van der Waals surface area contributed by atoms with Gasteiger partial charge in [-0.05, 0) is 49.9 Å². The van der Waals surface area contributed by atoms with Crippen LogP contribution in [0.4, 0.5) is 0 Å². The van der Waals surface area contributed by atoms with E-state index in [1.807, 2.05) is 19.2 Å². The number of likely N-dealkylation sites (tertiary alicyclic amines) is 1. The minimum atomic E-state index is -0.108. The molecular weight excluding hydrogens is 358 g/mol. The van der Waals surface area contributed by atoms with Crippen molar-refractivity contribution in [2.75, 3.05) is 20.7 Å². The number of carbonyl (C=O) groups is 1. The molecule has 8 heteroatoms. The number of methoxy groups -OCH3 is 1. The summed E-state index contributed by atoms with van der Waals surface area (Å²) in [7, 11) is 3.58. The zero-order chi connectivity index (χ0) is 19.5. The smallest absolute Gasteiger partial charge is 0.251 e. The average molecular weight is 379 g/mol. The second kappa shape index (κ2) is 7.77. The number of likely N-dealkylation sites (N-methyl/N-ethyl adjacent to an activating group) is 1. The minimum Gasteiger partial charge on any atom is -0.497 e. The largest absolute Gasteiger partial charge is 0.497 e. The van der Waals surface area contributed by atoms with Crippen molar-refractivity contribution in [3.8, 4) is 17.1 Å². The van der Waals surface area contributed by atoms with Crippen LogP contribution in [0.5, 0.6) is 5.75 Å². The van der Waals surface area contributed by atoms with Crippen molar-refractivity contribution >= 4 is 5.91 Å². The summed E-state index contributed by atoms with van der Waals surface area (Å²) >= 11 is 0. The third-order valence-electron chi connectivity index (χ3n) is 4.88. The number of carbonyl (C=O) groups excluding carboxylic acids is 1. The van der Waals surface area contributed by atoms with E-state index in [0.29, 0.717) is 30.2 Å². The summed E-state index contributed by atoms with van der Waals surface area (Å²) in [6.07, 6.45) is 4.10. The highest BCUT2D eigenvalue weighted by Gasteiger charge is 2.35. The van der Waals surface area contributed by atoms with Crippen LogP contribution in [0.25, 0.3) is 11.4 Å². The summed E-state index contributed by atoms with van der Waals surface area (Å²) < 4.78 is 10.6. The fraction of sp³-hybridized carbons (Fsp3) is 0.300. The summed E-state index contributed by atoms with van der Waals surface area (Å²) in [4.78, 5) is 23.2. The Morgan fingerprint density at radius 2 is 2.11 bits per heavy atom. The Labute approximate surface area is 162 Å². The molecule has 1 aliphatic rings. The predicted molar refractivity (Wildman–Crippen MR) is 102 cm³/mol. The van der Waals surface area contributed by atoms with Crippen LogP contribution >= 0.6 is 0 Å². The third kappa shape index (κ3) is 3.72. The Morgan fingerprint density at radius 1 is 1.29 bits per heavy atom. The standard InChI is InChI=1S/C20H21N5O3/c1-25-12-15(22-19(26)13-5-7-16(27-2)8-6-13)10-17(25)20-23-18(24-28-20)14-4-3-9-21-11-14/h3-9,11,15,17H,10,12H2,1-2H3,(H,22,26). The van der Waals surface area contributed by atoms with Crippen molar-refractivity contribution in [3.63, 3.8) is 0 Å². The van der Waals surface area contributed by atoms with Gasteiger partial charge in [-0.3, -0.25) is 14.7 Å². The second-order valence-electron chi connectivity index (χ2n) is 6.79. The second-order valence-corrected chi connectivity index (χ2v) is 6.79. The quantitative estimate of drug-likeness (QED) is 0.727. The molecule has 2 unspecified atom stereocenters. The van der Waals surface area contributed by atoms with Gasteiger partial charge in [0.05, 0.1) is 13.2 Å². The Morgan fingerprint density at radius 3 is 2.82 bits per heavy atom. The van der Waals surface area contributed by atoms with E-state index in [9.17, 15) is 4.79 Å². The zero-order valence-electron chi connectivity index (χ0n) is 15.7. The summed E-state index contributed by atoms with van der Waals surface area (Å²) in [5, 5.41) is 7.14. The SMILES string of the molecule is COc1ccc(C(=O)NC2CC(c3nc(-c4cccnc4)no3)N(C)C2)cc1. The van der Waals surface area contributed by atoms with Gasteiger partial charge < -0.3 is 14.6 Å². The molecule has 0 aliphatic carbocycles. The summed E-state index contributed by atoms with van der Waals surface area (Å²) in [5.74, 6) is 1.67. The Kier molecular flexibility index (Phi) is 5.03. The van der Waals surface area contributed by atoms with Gasteiger partial charge >= 0.3 is 0 Å². The lowest BCUT2D eigenvalue weighted by molar-refractivity contribution is 0.0938. The molecule has 0 bridgehead atoms. The van der Waals surface area contributed by atoms with Crippen molar-refractivity contribution in [1.82, 2.24) is 25.3 Å². The molecule has 8 nitrogen and oxygen atoms in total. The first-order chi connectivity index (χ1) is 13.6. The van der Waals surface area contributed by atoms with Crippen molar-refractivity contribution < 1.29 is 14.1 Å². The van der Waals surface area contributed by atoms with Crippen molar-refractivity contribution in [1.29, 1.82) is 0 Å². The first-order valence-electron chi connectivity index (χ1n) is 9.03. The van der Waals surface area contributed by atoms with Gasteiger partial charge in [0, 0.05) is 36.1 Å². The number of hydrogen-bond donors (Lipinski definition) is 1. The van der Waals surface area contributed by atoms with Gasteiger partial charge in [0.2, 0.25) is 11.7 Å². The number of nitrogens with one attached hydrogen (secondary N) is 1. The molecule has 0 saturated carbocycles. The molecule has 1 saturated heterocycles.